The molecule has 1 heterocycles. The second-order valence-electron chi connectivity index (χ2n) is 5.15. The van der Waals surface area contributed by atoms with Crippen LogP contribution in [0, 0.1) is 5.92 Å². The van der Waals surface area contributed by atoms with Gasteiger partial charge in [0.1, 0.15) is 5.76 Å². The maximum absolute atomic E-state index is 6.27. The zero-order valence-corrected chi connectivity index (χ0v) is 13.9. The predicted molar refractivity (Wildman–Crippen MR) is 84.8 cm³/mol. The van der Waals surface area contributed by atoms with Crippen molar-refractivity contribution in [2.75, 3.05) is 6.54 Å². The molecule has 1 N–H and O–H groups in total. The highest BCUT2D eigenvalue weighted by Gasteiger charge is 2.17. The first-order valence-electron chi connectivity index (χ1n) is 6.63. The summed E-state index contributed by atoms with van der Waals surface area (Å²) in [5.41, 5.74) is 2.07. The van der Waals surface area contributed by atoms with Gasteiger partial charge in [0.15, 0.2) is 5.58 Å². The first-order valence-corrected chi connectivity index (χ1v) is 7.80. The summed E-state index contributed by atoms with van der Waals surface area (Å²) >= 11 is 9.78. The number of hydrogen-bond acceptors (Lipinski definition) is 2. The Balaban J connectivity index is 2.56. The Kier molecular flexibility index (Phi) is 4.93. The monoisotopic (exact) mass is 343 g/mol. The second kappa shape index (κ2) is 6.29. The van der Waals surface area contributed by atoms with Gasteiger partial charge in [0.05, 0.1) is 11.6 Å². The normalized spacial score (nSPS) is 11.7. The van der Waals surface area contributed by atoms with E-state index in [1.165, 1.54) is 5.56 Å². The Morgan fingerprint density at radius 3 is 2.74 bits per heavy atom. The van der Waals surface area contributed by atoms with Crippen LogP contribution in [0.5, 0.6) is 0 Å². The van der Waals surface area contributed by atoms with E-state index in [0.29, 0.717) is 10.9 Å². The van der Waals surface area contributed by atoms with Crippen LogP contribution in [0.3, 0.4) is 0 Å². The van der Waals surface area contributed by atoms with E-state index >= 15 is 0 Å². The van der Waals surface area contributed by atoms with Gasteiger partial charge >= 0.3 is 0 Å². The van der Waals surface area contributed by atoms with Gasteiger partial charge in [-0.2, -0.15) is 0 Å². The van der Waals surface area contributed by atoms with Crippen LogP contribution in [0.1, 0.15) is 32.1 Å². The Morgan fingerprint density at radius 2 is 2.11 bits per heavy atom. The fourth-order valence-electron chi connectivity index (χ4n) is 2.24. The van der Waals surface area contributed by atoms with E-state index in [1.54, 1.807) is 0 Å². The third-order valence-corrected chi connectivity index (χ3v) is 3.78. The molecule has 0 unspecified atom stereocenters. The number of halogens is 2. The SMILES string of the molecule is CCNCc1oc2c(Cl)cc(Br)cc2c1CC(C)C. The molecule has 2 nitrogen and oxygen atoms in total. The highest BCUT2D eigenvalue weighted by Crippen LogP contribution is 2.35. The zero-order chi connectivity index (χ0) is 14.0. The number of benzene rings is 1. The summed E-state index contributed by atoms with van der Waals surface area (Å²) in [7, 11) is 0. The average Bonchev–Trinajstić information content (AvgIpc) is 2.65. The molecule has 1 aromatic carbocycles. The highest BCUT2D eigenvalue weighted by atomic mass is 79.9. The Bertz CT molecular complexity index is 577. The molecule has 1 aromatic heterocycles. The number of rotatable bonds is 5. The van der Waals surface area contributed by atoms with Crippen molar-refractivity contribution in [1.29, 1.82) is 0 Å². The summed E-state index contributed by atoms with van der Waals surface area (Å²) in [6.07, 6.45) is 1.00. The molecule has 0 bridgehead atoms. The van der Waals surface area contributed by atoms with Crippen molar-refractivity contribution in [3.63, 3.8) is 0 Å². The lowest BCUT2D eigenvalue weighted by Gasteiger charge is -2.06. The van der Waals surface area contributed by atoms with E-state index in [0.717, 1.165) is 40.7 Å². The van der Waals surface area contributed by atoms with Crippen molar-refractivity contribution >= 4 is 38.5 Å². The summed E-state index contributed by atoms with van der Waals surface area (Å²) in [5, 5.41) is 5.11. The highest BCUT2D eigenvalue weighted by molar-refractivity contribution is 9.10. The standard InChI is InChI=1S/C15H19BrClNO/c1-4-18-8-14-11(5-9(2)3)12-6-10(16)7-13(17)15(12)19-14/h6-7,9,18H,4-5,8H2,1-3H3. The molecule has 104 valence electrons. The van der Waals surface area contributed by atoms with Gasteiger partial charge in [0, 0.05) is 15.4 Å². The van der Waals surface area contributed by atoms with Crippen LogP contribution in [0.2, 0.25) is 5.02 Å². The first kappa shape index (κ1) is 14.9. The van der Waals surface area contributed by atoms with E-state index in [-0.39, 0.29) is 0 Å². The van der Waals surface area contributed by atoms with Crippen molar-refractivity contribution in [2.45, 2.75) is 33.7 Å². The summed E-state index contributed by atoms with van der Waals surface area (Å²) in [5.74, 6) is 1.59. The number of fused-ring (bicyclic) bond motifs is 1. The molecule has 0 spiro atoms. The predicted octanol–water partition coefficient (Wildman–Crippen LogP) is 5.16. The maximum Gasteiger partial charge on any atom is 0.153 e. The Labute approximate surface area is 127 Å². The van der Waals surface area contributed by atoms with Crippen molar-refractivity contribution < 1.29 is 4.42 Å². The third kappa shape index (κ3) is 3.33. The lowest BCUT2D eigenvalue weighted by atomic mass is 10.00. The van der Waals surface area contributed by atoms with Crippen molar-refractivity contribution in [3.05, 3.63) is 33.0 Å². The van der Waals surface area contributed by atoms with Gasteiger partial charge in [-0.1, -0.05) is 48.3 Å². The van der Waals surface area contributed by atoms with Gasteiger partial charge in [0.25, 0.3) is 0 Å². The van der Waals surface area contributed by atoms with E-state index in [2.05, 4.69) is 48.1 Å². The molecule has 2 rings (SSSR count). The Morgan fingerprint density at radius 1 is 1.37 bits per heavy atom. The van der Waals surface area contributed by atoms with Crippen molar-refractivity contribution in [1.82, 2.24) is 5.32 Å². The van der Waals surface area contributed by atoms with Gasteiger partial charge in [-0.15, -0.1) is 0 Å². The molecular weight excluding hydrogens is 326 g/mol. The molecule has 0 aliphatic rings. The van der Waals surface area contributed by atoms with Crippen LogP contribution in [0.15, 0.2) is 21.0 Å². The van der Waals surface area contributed by atoms with Gasteiger partial charge < -0.3 is 9.73 Å². The van der Waals surface area contributed by atoms with Crippen LogP contribution in [-0.4, -0.2) is 6.54 Å². The van der Waals surface area contributed by atoms with Crippen LogP contribution in [-0.2, 0) is 13.0 Å². The summed E-state index contributed by atoms with van der Waals surface area (Å²) in [4.78, 5) is 0. The molecule has 0 aliphatic heterocycles. The van der Waals surface area contributed by atoms with Crippen LogP contribution in [0.25, 0.3) is 11.0 Å². The van der Waals surface area contributed by atoms with E-state index in [1.807, 2.05) is 6.07 Å². The van der Waals surface area contributed by atoms with Crippen molar-refractivity contribution in [2.24, 2.45) is 5.92 Å². The van der Waals surface area contributed by atoms with E-state index in [4.69, 9.17) is 16.0 Å². The molecule has 4 heteroatoms. The molecule has 2 aromatic rings. The summed E-state index contributed by atoms with van der Waals surface area (Å²) < 4.78 is 6.96. The Hall–Kier alpha value is -0.510. The van der Waals surface area contributed by atoms with Gasteiger partial charge in [0.2, 0.25) is 0 Å². The molecule has 0 aliphatic carbocycles. The quantitative estimate of drug-likeness (QED) is 0.810. The minimum Gasteiger partial charge on any atom is -0.458 e. The lowest BCUT2D eigenvalue weighted by Crippen LogP contribution is -2.12. The van der Waals surface area contributed by atoms with Gasteiger partial charge in [-0.05, 0) is 31.0 Å². The molecule has 0 fully saturated rings. The third-order valence-electron chi connectivity index (χ3n) is 3.04. The first-order chi connectivity index (χ1) is 9.02. The average molecular weight is 345 g/mol. The molecule has 19 heavy (non-hydrogen) atoms. The smallest absolute Gasteiger partial charge is 0.153 e. The summed E-state index contributed by atoms with van der Waals surface area (Å²) in [6.45, 7) is 8.20. The van der Waals surface area contributed by atoms with Gasteiger partial charge in [-0.25, -0.2) is 0 Å². The topological polar surface area (TPSA) is 25.2 Å². The fraction of sp³-hybridized carbons (Fsp3) is 0.467. The molecule has 0 radical (unpaired) electrons. The van der Waals surface area contributed by atoms with Gasteiger partial charge in [-0.3, -0.25) is 0 Å². The largest absolute Gasteiger partial charge is 0.458 e. The lowest BCUT2D eigenvalue weighted by molar-refractivity contribution is 0.506. The number of nitrogens with one attached hydrogen (secondary N) is 1. The summed E-state index contributed by atoms with van der Waals surface area (Å²) in [6, 6.07) is 3.97. The fourth-order valence-corrected chi connectivity index (χ4v) is 3.08. The zero-order valence-electron chi connectivity index (χ0n) is 11.5. The molecule has 0 saturated heterocycles. The maximum atomic E-state index is 6.27. The van der Waals surface area contributed by atoms with Crippen LogP contribution in [0.4, 0.5) is 0 Å². The minimum atomic E-state index is 0.582. The molecular formula is C15H19BrClNO. The van der Waals surface area contributed by atoms with Crippen LogP contribution >= 0.6 is 27.5 Å². The number of hydrogen-bond donors (Lipinski definition) is 1. The number of furan rings is 1. The van der Waals surface area contributed by atoms with E-state index < -0.39 is 0 Å². The minimum absolute atomic E-state index is 0.582. The molecule has 0 atom stereocenters. The van der Waals surface area contributed by atoms with Crippen LogP contribution < -0.4 is 5.32 Å². The molecule has 0 saturated carbocycles. The second-order valence-corrected chi connectivity index (χ2v) is 6.47. The molecule has 0 amide bonds. The van der Waals surface area contributed by atoms with Crippen molar-refractivity contribution in [3.8, 4) is 0 Å². The van der Waals surface area contributed by atoms with E-state index in [9.17, 15) is 0 Å².